The minimum Gasteiger partial charge on any atom is -0.508 e. The van der Waals surface area contributed by atoms with Crippen LogP contribution in [-0.4, -0.2) is 32.7 Å². The third kappa shape index (κ3) is 3.92. The predicted molar refractivity (Wildman–Crippen MR) is 97.1 cm³/mol. The van der Waals surface area contributed by atoms with Gasteiger partial charge in [0.15, 0.2) is 11.2 Å². The fraction of sp³-hybridized carbons (Fsp3) is 0.100. The summed E-state index contributed by atoms with van der Waals surface area (Å²) in [6.45, 7) is 0. The van der Waals surface area contributed by atoms with E-state index in [0.717, 1.165) is 11.1 Å². The van der Waals surface area contributed by atoms with E-state index in [0.29, 0.717) is 11.9 Å². The van der Waals surface area contributed by atoms with Crippen molar-refractivity contribution in [3.63, 3.8) is 0 Å². The van der Waals surface area contributed by atoms with Crippen molar-refractivity contribution in [2.24, 2.45) is 0 Å². The van der Waals surface area contributed by atoms with Gasteiger partial charge in [0.2, 0.25) is 5.78 Å². The Morgan fingerprint density at radius 1 is 0.963 bits per heavy atom. The molecular formula is C20H15NO6. The Morgan fingerprint density at radius 2 is 1.63 bits per heavy atom. The highest BCUT2D eigenvalue weighted by Crippen LogP contribution is 2.17. The van der Waals surface area contributed by atoms with Crippen LogP contribution in [-0.2, 0) is 16.0 Å². The molecule has 0 fully saturated rings. The predicted octanol–water partition coefficient (Wildman–Crippen LogP) is 2.05. The number of carboxylic acids is 1. The number of nitrogens with one attached hydrogen (secondary N) is 1. The third-order valence-electron chi connectivity index (χ3n) is 4.15. The molecule has 0 saturated carbocycles. The van der Waals surface area contributed by atoms with Crippen molar-refractivity contribution in [2.45, 2.75) is 12.8 Å². The zero-order chi connectivity index (χ0) is 19.6. The summed E-state index contributed by atoms with van der Waals surface area (Å²) in [5.74, 6) is -3.65. The fourth-order valence-electron chi connectivity index (χ4n) is 2.75. The number of Topliss-reactive ketones (excluding diaryl/α,β-unsaturated/α-hetero) is 2. The first-order valence-electron chi connectivity index (χ1n) is 8.06. The second-order valence-corrected chi connectivity index (χ2v) is 6.08. The Morgan fingerprint density at radius 3 is 2.30 bits per heavy atom. The molecule has 3 rings (SSSR count). The largest absolute Gasteiger partial charge is 0.508 e. The summed E-state index contributed by atoms with van der Waals surface area (Å²) in [5, 5.41) is 18.2. The minimum absolute atomic E-state index is 0.160. The first-order chi connectivity index (χ1) is 12.8. The topological polar surface area (TPSA) is 125 Å². The number of aromatic amines is 1. The molecule has 0 radical (unpaired) electrons. The van der Waals surface area contributed by atoms with Crippen LogP contribution in [0.25, 0.3) is 10.9 Å². The molecule has 3 aromatic rings. The van der Waals surface area contributed by atoms with E-state index in [2.05, 4.69) is 4.98 Å². The summed E-state index contributed by atoms with van der Waals surface area (Å²) in [4.78, 5) is 49.4. The van der Waals surface area contributed by atoms with Gasteiger partial charge in [0.05, 0.1) is 12.0 Å². The van der Waals surface area contributed by atoms with Gasteiger partial charge in [0, 0.05) is 17.1 Å². The average Bonchev–Trinajstić information content (AvgIpc) is 2.64. The van der Waals surface area contributed by atoms with E-state index in [1.165, 1.54) is 6.20 Å². The molecule has 1 heterocycles. The number of phenols is 1. The summed E-state index contributed by atoms with van der Waals surface area (Å²) in [6, 6.07) is 11.9. The summed E-state index contributed by atoms with van der Waals surface area (Å²) in [7, 11) is 0. The molecule has 1 aromatic heterocycles. The Kier molecular flexibility index (Phi) is 4.85. The van der Waals surface area contributed by atoms with E-state index < -0.39 is 29.4 Å². The highest BCUT2D eigenvalue weighted by Gasteiger charge is 2.20. The van der Waals surface area contributed by atoms with Gasteiger partial charge in [-0.1, -0.05) is 18.2 Å². The van der Waals surface area contributed by atoms with Gasteiger partial charge in [-0.2, -0.15) is 0 Å². The van der Waals surface area contributed by atoms with Gasteiger partial charge < -0.3 is 15.2 Å². The van der Waals surface area contributed by atoms with Gasteiger partial charge in [-0.25, -0.2) is 4.79 Å². The van der Waals surface area contributed by atoms with Crippen LogP contribution >= 0.6 is 0 Å². The molecule has 7 heteroatoms. The maximum atomic E-state index is 12.6. The number of aromatic nitrogens is 1. The van der Waals surface area contributed by atoms with Crippen molar-refractivity contribution in [3.05, 3.63) is 75.6 Å². The molecule has 0 saturated heterocycles. The molecule has 136 valence electrons. The van der Waals surface area contributed by atoms with Crippen LogP contribution in [0.4, 0.5) is 0 Å². The molecule has 0 spiro atoms. The lowest BCUT2D eigenvalue weighted by Crippen LogP contribution is -2.22. The molecule has 7 nitrogen and oxygen atoms in total. The van der Waals surface area contributed by atoms with E-state index in [1.807, 2.05) is 6.07 Å². The number of phenolic OH excluding ortho intramolecular Hbond substituents is 1. The molecule has 0 bridgehead atoms. The summed E-state index contributed by atoms with van der Waals surface area (Å²) < 4.78 is 0. The molecule has 0 atom stereocenters. The Bertz CT molecular complexity index is 1110. The number of carboxylic acid groups (broad SMARTS) is 1. The number of hydrogen-bond acceptors (Lipinski definition) is 5. The standard InChI is InChI=1S/C20H15NO6/c22-13-4-1-11(2-5-13)7-12-3-6-16-14(8-12)19(25)15(10-21-16)17(23)9-18(24)20(26)27/h1-6,8,10,22H,7,9H2,(H,21,25)(H,26,27). The van der Waals surface area contributed by atoms with Crippen LogP contribution in [0.2, 0.25) is 0 Å². The smallest absolute Gasteiger partial charge is 0.372 e. The minimum atomic E-state index is -1.71. The van der Waals surface area contributed by atoms with E-state index in [4.69, 9.17) is 5.11 Å². The van der Waals surface area contributed by atoms with Gasteiger partial charge in [0.1, 0.15) is 5.75 Å². The van der Waals surface area contributed by atoms with Gasteiger partial charge in [-0.3, -0.25) is 14.4 Å². The number of H-pyrrole nitrogens is 1. The summed E-state index contributed by atoms with van der Waals surface area (Å²) >= 11 is 0. The Balaban J connectivity index is 1.95. The first-order valence-corrected chi connectivity index (χ1v) is 8.06. The zero-order valence-electron chi connectivity index (χ0n) is 14.1. The number of rotatable bonds is 6. The number of pyridine rings is 1. The van der Waals surface area contributed by atoms with Crippen LogP contribution in [0, 0.1) is 0 Å². The Labute approximate surface area is 152 Å². The van der Waals surface area contributed by atoms with Crippen molar-refractivity contribution in [1.29, 1.82) is 0 Å². The van der Waals surface area contributed by atoms with Gasteiger partial charge in [-0.05, 0) is 41.8 Å². The SMILES string of the molecule is O=C(O)C(=O)CC(=O)c1c[nH]c2ccc(Cc3ccc(O)cc3)cc2c1=O. The molecule has 2 aromatic carbocycles. The van der Waals surface area contributed by atoms with Gasteiger partial charge in [-0.15, -0.1) is 0 Å². The highest BCUT2D eigenvalue weighted by molar-refractivity contribution is 6.37. The highest BCUT2D eigenvalue weighted by atomic mass is 16.4. The van der Waals surface area contributed by atoms with Crippen LogP contribution in [0.15, 0.2) is 53.5 Å². The number of ketones is 2. The molecular weight excluding hydrogens is 350 g/mol. The lowest BCUT2D eigenvalue weighted by molar-refractivity contribution is -0.148. The molecule has 0 aliphatic carbocycles. The lowest BCUT2D eigenvalue weighted by atomic mass is 10.0. The van der Waals surface area contributed by atoms with Crippen LogP contribution in [0.3, 0.4) is 0 Å². The number of aromatic hydroxyl groups is 1. The second-order valence-electron chi connectivity index (χ2n) is 6.08. The second kappa shape index (κ2) is 7.25. The molecule has 0 amide bonds. The molecule has 0 aliphatic rings. The number of aliphatic carboxylic acids is 1. The van der Waals surface area contributed by atoms with Crippen molar-refractivity contribution >= 4 is 28.4 Å². The number of carbonyl (C=O) groups is 3. The number of benzene rings is 2. The van der Waals surface area contributed by atoms with Crippen molar-refractivity contribution in [1.82, 2.24) is 4.98 Å². The number of hydrogen-bond donors (Lipinski definition) is 3. The molecule has 0 aliphatic heterocycles. The van der Waals surface area contributed by atoms with Gasteiger partial charge in [0.25, 0.3) is 0 Å². The van der Waals surface area contributed by atoms with Crippen molar-refractivity contribution < 1.29 is 24.6 Å². The number of fused-ring (bicyclic) bond motifs is 1. The van der Waals surface area contributed by atoms with Gasteiger partial charge >= 0.3 is 5.97 Å². The quantitative estimate of drug-likeness (QED) is 0.349. The molecule has 27 heavy (non-hydrogen) atoms. The average molecular weight is 365 g/mol. The molecule has 0 unspecified atom stereocenters. The van der Waals surface area contributed by atoms with E-state index >= 15 is 0 Å². The van der Waals surface area contributed by atoms with E-state index in [1.54, 1.807) is 36.4 Å². The lowest BCUT2D eigenvalue weighted by Gasteiger charge is -2.06. The zero-order valence-corrected chi connectivity index (χ0v) is 14.1. The fourth-order valence-corrected chi connectivity index (χ4v) is 2.75. The van der Waals surface area contributed by atoms with Crippen molar-refractivity contribution in [3.8, 4) is 5.75 Å². The van der Waals surface area contributed by atoms with Crippen LogP contribution in [0.1, 0.15) is 27.9 Å². The monoisotopic (exact) mass is 365 g/mol. The first kappa shape index (κ1) is 18.1. The maximum absolute atomic E-state index is 12.6. The van der Waals surface area contributed by atoms with E-state index in [9.17, 15) is 24.3 Å². The molecule has 3 N–H and O–H groups in total. The normalized spacial score (nSPS) is 10.7. The maximum Gasteiger partial charge on any atom is 0.372 e. The third-order valence-corrected chi connectivity index (χ3v) is 4.15. The summed E-state index contributed by atoms with van der Waals surface area (Å²) in [6.07, 6.45) is 0.851. The summed E-state index contributed by atoms with van der Waals surface area (Å²) in [5.41, 5.74) is 1.47. The Hall–Kier alpha value is -3.74. The van der Waals surface area contributed by atoms with Crippen LogP contribution < -0.4 is 5.43 Å². The van der Waals surface area contributed by atoms with Crippen LogP contribution in [0.5, 0.6) is 5.75 Å². The van der Waals surface area contributed by atoms with Crippen molar-refractivity contribution in [2.75, 3.05) is 0 Å². The number of carbonyl (C=O) groups excluding carboxylic acids is 2. The van der Waals surface area contributed by atoms with E-state index in [-0.39, 0.29) is 16.7 Å².